The summed E-state index contributed by atoms with van der Waals surface area (Å²) in [4.78, 5) is 21.9. The minimum Gasteiger partial charge on any atom is -0.310 e. The molecule has 0 fully saturated rings. The molecule has 0 spiro atoms. The number of nitrogens with zero attached hydrogens (tertiary/aromatic N) is 7. The molecule has 0 amide bonds. The van der Waals surface area contributed by atoms with Gasteiger partial charge in [-0.15, -0.1) is 0 Å². The Morgan fingerprint density at radius 1 is 0.325 bits per heavy atom. The second kappa shape index (κ2) is 21.1. The van der Waals surface area contributed by atoms with Crippen molar-refractivity contribution < 1.29 is 0 Å². The van der Waals surface area contributed by atoms with Crippen molar-refractivity contribution in [2.75, 3.05) is 9.80 Å². The summed E-state index contributed by atoms with van der Waals surface area (Å²) in [5, 5.41) is 2.31. The summed E-state index contributed by atoms with van der Waals surface area (Å²) in [6, 6.07) is 97.0. The summed E-state index contributed by atoms with van der Waals surface area (Å²) in [5.41, 5.74) is 20.5. The van der Waals surface area contributed by atoms with Gasteiger partial charge in [-0.25, -0.2) is 19.7 Å². The molecule has 7 heteroatoms. The van der Waals surface area contributed by atoms with E-state index in [2.05, 4.69) is 255 Å². The van der Waals surface area contributed by atoms with Crippen molar-refractivity contribution in [3.63, 3.8) is 0 Å². The van der Waals surface area contributed by atoms with E-state index in [1.165, 1.54) is 0 Å². The molecule has 13 rings (SSSR count). The molecule has 0 saturated heterocycles. The minimum atomic E-state index is 0.515. The molecular formula is C73H49N7. The fourth-order valence-electron chi connectivity index (χ4n) is 10.8. The lowest BCUT2D eigenvalue weighted by atomic mass is 9.97. The zero-order valence-electron chi connectivity index (χ0n) is 43.7. The quantitative estimate of drug-likeness (QED) is 0.114. The predicted molar refractivity (Wildman–Crippen MR) is 330 cm³/mol. The van der Waals surface area contributed by atoms with Crippen molar-refractivity contribution in [2.24, 2.45) is 0 Å². The average molecular weight is 1020 g/mol. The molecule has 376 valence electrons. The van der Waals surface area contributed by atoms with Gasteiger partial charge < -0.3 is 14.4 Å². The largest absolute Gasteiger partial charge is 0.310 e. The molecule has 0 bridgehead atoms. The highest BCUT2D eigenvalue weighted by molar-refractivity contribution is 6.12. The van der Waals surface area contributed by atoms with Crippen LogP contribution in [0.4, 0.5) is 45.5 Å². The van der Waals surface area contributed by atoms with Crippen LogP contribution in [0.15, 0.2) is 279 Å². The third kappa shape index (κ3) is 9.38. The molecule has 80 heavy (non-hydrogen) atoms. The second-order valence-corrected chi connectivity index (χ2v) is 19.7. The molecular weight excluding hydrogens is 975 g/mol. The van der Waals surface area contributed by atoms with Gasteiger partial charge in [0, 0.05) is 61.7 Å². The highest BCUT2D eigenvalue weighted by atomic mass is 15.1. The van der Waals surface area contributed by atoms with E-state index in [0.717, 1.165) is 112 Å². The Bertz CT molecular complexity index is 4190. The summed E-state index contributed by atoms with van der Waals surface area (Å²) < 4.78 is 2.43. The van der Waals surface area contributed by atoms with E-state index in [-0.39, 0.29) is 0 Å². The van der Waals surface area contributed by atoms with E-state index in [9.17, 15) is 0 Å². The van der Waals surface area contributed by atoms with E-state index < -0.39 is 0 Å². The maximum atomic E-state index is 7.60. The number of benzene rings is 11. The first-order valence-corrected chi connectivity index (χ1v) is 26.5. The van der Waals surface area contributed by atoms with Gasteiger partial charge in [0.15, 0.2) is 17.2 Å². The number of hydrogen-bond donors (Lipinski definition) is 0. The summed E-state index contributed by atoms with van der Waals surface area (Å²) in [6.45, 7) is 17.4. The monoisotopic (exact) mass is 1020 g/mol. The van der Waals surface area contributed by atoms with Gasteiger partial charge in [-0.1, -0.05) is 164 Å². The maximum Gasteiger partial charge on any atom is 0.187 e. The van der Waals surface area contributed by atoms with Gasteiger partial charge in [0.25, 0.3) is 0 Å². The maximum absolute atomic E-state index is 7.60. The van der Waals surface area contributed by atoms with Crippen LogP contribution in [-0.4, -0.2) is 14.5 Å². The van der Waals surface area contributed by atoms with Crippen LogP contribution in [0.25, 0.3) is 93.3 Å². The van der Waals surface area contributed by atoms with Crippen LogP contribution in [0.2, 0.25) is 0 Å². The molecule has 0 aliphatic heterocycles. The number of hydrogen-bond acceptors (Lipinski definition) is 4. The van der Waals surface area contributed by atoms with Crippen LogP contribution >= 0.6 is 0 Å². The molecule has 7 nitrogen and oxygen atoms in total. The topological polar surface area (TPSA) is 45.9 Å². The van der Waals surface area contributed by atoms with E-state index in [0.29, 0.717) is 22.9 Å². The Labute approximate surface area is 465 Å². The first-order chi connectivity index (χ1) is 39.5. The lowest BCUT2D eigenvalue weighted by molar-refractivity contribution is 1.15. The molecule has 13 aromatic rings. The summed E-state index contributed by atoms with van der Waals surface area (Å²) in [6.07, 6.45) is 0. The van der Waals surface area contributed by atoms with Gasteiger partial charge in [-0.05, 0) is 156 Å². The van der Waals surface area contributed by atoms with Crippen LogP contribution in [0.3, 0.4) is 0 Å². The predicted octanol–water partition coefficient (Wildman–Crippen LogP) is 20.3. The molecule has 0 saturated carbocycles. The fraction of sp³-hybridized carbons (Fsp3) is 0.0137. The second-order valence-electron chi connectivity index (χ2n) is 19.7. The number of fused-ring (bicyclic) bond motifs is 3. The standard InChI is InChI=1S/C73H49N7/c1-50-44-55(53-32-30-51(31-33-53)52-34-36-54(37-35-52)68-49-69(56-18-16-20-58(45-56)74-2)77-73(76-68)57-19-17-21-59(46-57)75-3)38-41-70(50)80-71-42-39-64(78(60-22-8-4-9-23-60)61-24-10-5-11-25-61)47-66(71)67-48-65(40-43-72(67)80)79(62-26-12-6-13-27-62)63-28-14-7-15-29-63/h4-49H,1H3. The normalized spacial score (nSPS) is 11.0. The van der Waals surface area contributed by atoms with Crippen LogP contribution < -0.4 is 9.80 Å². The first kappa shape index (κ1) is 48.5. The van der Waals surface area contributed by atoms with E-state index in [4.69, 9.17) is 23.1 Å². The number of rotatable bonds is 12. The Kier molecular flexibility index (Phi) is 12.8. The third-order valence-corrected chi connectivity index (χ3v) is 14.7. The smallest absolute Gasteiger partial charge is 0.187 e. The number of anilines is 6. The van der Waals surface area contributed by atoms with Gasteiger partial charge >= 0.3 is 0 Å². The van der Waals surface area contributed by atoms with Crippen molar-refractivity contribution >= 4 is 67.3 Å². The van der Waals surface area contributed by atoms with Gasteiger partial charge in [-0.3, -0.25) is 0 Å². The van der Waals surface area contributed by atoms with Crippen molar-refractivity contribution in [1.29, 1.82) is 0 Å². The van der Waals surface area contributed by atoms with Crippen LogP contribution in [0, 0.1) is 20.1 Å². The third-order valence-electron chi connectivity index (χ3n) is 14.7. The van der Waals surface area contributed by atoms with Crippen molar-refractivity contribution in [3.05, 3.63) is 307 Å². The van der Waals surface area contributed by atoms with E-state index >= 15 is 0 Å². The summed E-state index contributed by atoms with van der Waals surface area (Å²) >= 11 is 0. The van der Waals surface area contributed by atoms with E-state index in [1.54, 1.807) is 12.1 Å². The fourth-order valence-corrected chi connectivity index (χ4v) is 10.8. The van der Waals surface area contributed by atoms with Crippen LogP contribution in [-0.2, 0) is 0 Å². The molecule has 0 radical (unpaired) electrons. The highest BCUT2D eigenvalue weighted by Gasteiger charge is 2.21. The molecule has 2 aromatic heterocycles. The Morgan fingerprint density at radius 3 is 1.18 bits per heavy atom. The molecule has 0 aliphatic carbocycles. The van der Waals surface area contributed by atoms with Gasteiger partial charge in [-0.2, -0.15) is 0 Å². The zero-order valence-corrected chi connectivity index (χ0v) is 43.7. The van der Waals surface area contributed by atoms with Crippen molar-refractivity contribution in [2.45, 2.75) is 6.92 Å². The van der Waals surface area contributed by atoms with Crippen LogP contribution in [0.1, 0.15) is 5.56 Å². The Balaban J connectivity index is 0.852. The molecule has 0 unspecified atom stereocenters. The van der Waals surface area contributed by atoms with Crippen molar-refractivity contribution in [3.8, 4) is 61.8 Å². The zero-order chi connectivity index (χ0) is 53.9. The SMILES string of the molecule is [C-]#[N+]c1cccc(-c2cc(-c3ccc(-c4ccc(-c5ccc(-n6c7ccc(N(c8ccccc8)c8ccccc8)cc7c7cc(N(c8ccccc8)c8ccccc8)ccc76)c(C)c5)cc4)cc3)nc(-c3cccc([N+]#[C-])c3)n2)c1. The summed E-state index contributed by atoms with van der Waals surface area (Å²) in [7, 11) is 0. The van der Waals surface area contributed by atoms with Gasteiger partial charge in [0.1, 0.15) is 0 Å². The molecule has 11 aromatic carbocycles. The Hall–Kier alpha value is -11.1. The molecule has 0 aliphatic rings. The molecule has 0 atom stereocenters. The lowest BCUT2D eigenvalue weighted by Gasteiger charge is -2.26. The van der Waals surface area contributed by atoms with Gasteiger partial charge in [0.05, 0.1) is 35.6 Å². The first-order valence-electron chi connectivity index (χ1n) is 26.5. The van der Waals surface area contributed by atoms with Gasteiger partial charge in [0.2, 0.25) is 0 Å². The average Bonchev–Trinajstić information content (AvgIpc) is 3.88. The molecule has 2 heterocycles. The summed E-state index contributed by atoms with van der Waals surface area (Å²) in [5.74, 6) is 0.515. The van der Waals surface area contributed by atoms with E-state index in [1.807, 2.05) is 42.5 Å². The lowest BCUT2D eigenvalue weighted by Crippen LogP contribution is -2.09. The van der Waals surface area contributed by atoms with Crippen molar-refractivity contribution in [1.82, 2.24) is 14.5 Å². The van der Waals surface area contributed by atoms with Crippen LogP contribution in [0.5, 0.6) is 0 Å². The number of aryl methyl sites for hydroxylation is 1. The number of para-hydroxylation sites is 4. The number of aromatic nitrogens is 3. The minimum absolute atomic E-state index is 0.515. The Morgan fingerprint density at radius 2 is 0.725 bits per heavy atom. The highest BCUT2D eigenvalue weighted by Crippen LogP contribution is 2.44. The molecule has 0 N–H and O–H groups in total.